The zero-order chi connectivity index (χ0) is 16.4. The lowest BCUT2D eigenvalue weighted by atomic mass is 10.1. The normalized spacial score (nSPS) is 10.7. The van der Waals surface area contributed by atoms with E-state index >= 15 is 0 Å². The Hall–Kier alpha value is -2.86. The fourth-order valence-corrected chi connectivity index (χ4v) is 2.78. The van der Waals surface area contributed by atoms with E-state index in [0.29, 0.717) is 17.5 Å². The van der Waals surface area contributed by atoms with Gasteiger partial charge in [-0.2, -0.15) is 0 Å². The lowest BCUT2D eigenvalue weighted by Crippen LogP contribution is -1.91. The van der Waals surface area contributed by atoms with E-state index in [1.54, 1.807) is 12.4 Å². The van der Waals surface area contributed by atoms with Crippen molar-refractivity contribution in [1.82, 2.24) is 20.2 Å². The molecule has 2 aromatic carbocycles. The first kappa shape index (κ1) is 14.7. The number of hydrogen-bond acceptors (Lipinski definition) is 5. The number of benzene rings is 2. The molecule has 0 aliphatic heterocycles. The van der Waals surface area contributed by atoms with Gasteiger partial charge in [0.05, 0.1) is 18.1 Å². The van der Waals surface area contributed by atoms with Crippen LogP contribution < -0.4 is 0 Å². The first-order chi connectivity index (χ1) is 11.8. The molecule has 0 saturated carbocycles. The van der Waals surface area contributed by atoms with Gasteiger partial charge in [-0.05, 0) is 18.2 Å². The van der Waals surface area contributed by atoms with Crippen molar-refractivity contribution in [3.63, 3.8) is 0 Å². The van der Waals surface area contributed by atoms with Crippen molar-refractivity contribution in [3.05, 3.63) is 71.5 Å². The summed E-state index contributed by atoms with van der Waals surface area (Å²) in [7, 11) is 0. The highest BCUT2D eigenvalue weighted by atomic mass is 79.9. The molecular weight excluding hydrogens is 368 g/mol. The molecule has 4 rings (SSSR count). The van der Waals surface area contributed by atoms with E-state index in [-0.39, 0.29) is 0 Å². The van der Waals surface area contributed by atoms with E-state index < -0.39 is 0 Å². The Morgan fingerprint density at radius 3 is 2.29 bits per heavy atom. The maximum absolute atomic E-state index is 5.74. The number of rotatable bonds is 3. The molecule has 0 bridgehead atoms. The van der Waals surface area contributed by atoms with Crippen molar-refractivity contribution in [2.75, 3.05) is 0 Å². The van der Waals surface area contributed by atoms with Crippen LogP contribution in [0.3, 0.4) is 0 Å². The maximum Gasteiger partial charge on any atom is 0.268 e. The molecule has 5 nitrogen and oxygen atoms in total. The van der Waals surface area contributed by atoms with Crippen molar-refractivity contribution in [1.29, 1.82) is 0 Å². The second-order valence-electron chi connectivity index (χ2n) is 5.05. The van der Waals surface area contributed by atoms with Gasteiger partial charge in [-0.3, -0.25) is 4.98 Å². The first-order valence-corrected chi connectivity index (χ1v) is 8.07. The van der Waals surface area contributed by atoms with Gasteiger partial charge in [0, 0.05) is 15.6 Å². The summed E-state index contributed by atoms with van der Waals surface area (Å²) in [4.78, 5) is 8.84. The summed E-state index contributed by atoms with van der Waals surface area (Å²) >= 11 is 3.53. The van der Waals surface area contributed by atoms with E-state index in [0.717, 1.165) is 21.3 Å². The highest BCUT2D eigenvalue weighted by Gasteiger charge is 2.13. The molecule has 0 N–H and O–H groups in total. The summed E-state index contributed by atoms with van der Waals surface area (Å²) in [6.45, 7) is 0. The molecule has 2 aromatic heterocycles. The predicted molar refractivity (Wildman–Crippen MR) is 93.9 cm³/mol. The van der Waals surface area contributed by atoms with Crippen LogP contribution in [0.4, 0.5) is 0 Å². The topological polar surface area (TPSA) is 64.7 Å². The molecule has 0 aliphatic carbocycles. The number of aromatic nitrogens is 4. The summed E-state index contributed by atoms with van der Waals surface area (Å²) in [6, 6.07) is 17.5. The molecule has 0 fully saturated rings. The standard InChI is InChI=1S/C18H11BrN4O/c19-14-9-5-4-8-13(14)15-10-20-11-16(21-15)18-23-22-17(24-18)12-6-2-1-3-7-12/h1-11H. The fraction of sp³-hybridized carbons (Fsp3) is 0. The molecule has 116 valence electrons. The molecule has 0 atom stereocenters. The third kappa shape index (κ3) is 2.83. The van der Waals surface area contributed by atoms with Crippen molar-refractivity contribution in [3.8, 4) is 34.3 Å². The SMILES string of the molecule is Brc1ccccc1-c1cncc(-c2nnc(-c3ccccc3)o2)n1. The van der Waals surface area contributed by atoms with Crippen LogP contribution in [0.15, 0.2) is 75.9 Å². The zero-order valence-corrected chi connectivity index (χ0v) is 14.0. The highest BCUT2D eigenvalue weighted by Crippen LogP contribution is 2.28. The second kappa shape index (κ2) is 6.33. The van der Waals surface area contributed by atoms with Gasteiger partial charge < -0.3 is 4.42 Å². The third-order valence-corrected chi connectivity index (χ3v) is 4.14. The molecule has 0 saturated heterocycles. The Bertz CT molecular complexity index is 985. The van der Waals surface area contributed by atoms with Crippen LogP contribution in [-0.2, 0) is 0 Å². The van der Waals surface area contributed by atoms with E-state index in [9.17, 15) is 0 Å². The summed E-state index contributed by atoms with van der Waals surface area (Å²) in [5.41, 5.74) is 3.10. The molecule has 4 aromatic rings. The molecule has 0 spiro atoms. The molecule has 0 amide bonds. The van der Waals surface area contributed by atoms with Crippen LogP contribution >= 0.6 is 15.9 Å². The van der Waals surface area contributed by atoms with Crippen LogP contribution in [0.2, 0.25) is 0 Å². The van der Waals surface area contributed by atoms with Gasteiger partial charge in [-0.25, -0.2) is 4.98 Å². The number of nitrogens with zero attached hydrogens (tertiary/aromatic N) is 4. The summed E-state index contributed by atoms with van der Waals surface area (Å²) < 4.78 is 6.69. The Morgan fingerprint density at radius 1 is 0.750 bits per heavy atom. The van der Waals surface area contributed by atoms with Gasteiger partial charge in [0.2, 0.25) is 5.89 Å². The highest BCUT2D eigenvalue weighted by molar-refractivity contribution is 9.10. The van der Waals surface area contributed by atoms with Crippen molar-refractivity contribution in [2.24, 2.45) is 0 Å². The van der Waals surface area contributed by atoms with E-state index in [4.69, 9.17) is 4.42 Å². The Kier molecular flexibility index (Phi) is 3.88. The minimum atomic E-state index is 0.343. The second-order valence-corrected chi connectivity index (χ2v) is 5.90. The van der Waals surface area contributed by atoms with Crippen LogP contribution in [0.5, 0.6) is 0 Å². The summed E-state index contributed by atoms with van der Waals surface area (Å²) in [5.74, 6) is 0.800. The Labute approximate surface area is 146 Å². The average molecular weight is 379 g/mol. The van der Waals surface area contributed by atoms with Crippen LogP contribution in [0, 0.1) is 0 Å². The lowest BCUT2D eigenvalue weighted by molar-refractivity contribution is 0.582. The van der Waals surface area contributed by atoms with Gasteiger partial charge in [0.1, 0.15) is 5.69 Å². The van der Waals surface area contributed by atoms with Gasteiger partial charge in [0.15, 0.2) is 0 Å². The number of halogens is 1. The minimum absolute atomic E-state index is 0.343. The average Bonchev–Trinajstić information content (AvgIpc) is 3.13. The fourth-order valence-electron chi connectivity index (χ4n) is 2.29. The molecule has 0 unspecified atom stereocenters. The molecule has 6 heteroatoms. The molecular formula is C18H11BrN4O. The van der Waals surface area contributed by atoms with Crippen molar-refractivity contribution >= 4 is 15.9 Å². The quantitative estimate of drug-likeness (QED) is 0.520. The lowest BCUT2D eigenvalue weighted by Gasteiger charge is -2.03. The third-order valence-electron chi connectivity index (χ3n) is 3.45. The Morgan fingerprint density at radius 2 is 1.46 bits per heavy atom. The largest absolute Gasteiger partial charge is 0.415 e. The van der Waals surface area contributed by atoms with Gasteiger partial charge >= 0.3 is 0 Å². The number of hydrogen-bond donors (Lipinski definition) is 0. The zero-order valence-electron chi connectivity index (χ0n) is 12.4. The molecule has 0 aliphatic rings. The molecule has 0 radical (unpaired) electrons. The van der Waals surface area contributed by atoms with Crippen LogP contribution in [0.25, 0.3) is 34.3 Å². The minimum Gasteiger partial charge on any atom is -0.415 e. The smallest absolute Gasteiger partial charge is 0.268 e. The monoisotopic (exact) mass is 378 g/mol. The first-order valence-electron chi connectivity index (χ1n) is 7.27. The van der Waals surface area contributed by atoms with Gasteiger partial charge in [0.25, 0.3) is 5.89 Å². The van der Waals surface area contributed by atoms with E-state index in [1.165, 1.54) is 0 Å². The molecule has 2 heterocycles. The predicted octanol–water partition coefficient (Wildman–Crippen LogP) is 4.62. The molecule has 24 heavy (non-hydrogen) atoms. The van der Waals surface area contributed by atoms with Gasteiger partial charge in [-0.15, -0.1) is 10.2 Å². The van der Waals surface area contributed by atoms with Crippen LogP contribution in [0.1, 0.15) is 0 Å². The van der Waals surface area contributed by atoms with Crippen molar-refractivity contribution < 1.29 is 4.42 Å². The maximum atomic E-state index is 5.74. The Balaban J connectivity index is 1.72. The van der Waals surface area contributed by atoms with E-state index in [2.05, 4.69) is 36.1 Å². The van der Waals surface area contributed by atoms with Crippen molar-refractivity contribution in [2.45, 2.75) is 0 Å². The summed E-state index contributed by atoms with van der Waals surface area (Å²) in [5, 5.41) is 8.18. The van der Waals surface area contributed by atoms with Crippen LogP contribution in [-0.4, -0.2) is 20.2 Å². The summed E-state index contributed by atoms with van der Waals surface area (Å²) in [6.07, 6.45) is 3.32. The van der Waals surface area contributed by atoms with Gasteiger partial charge in [-0.1, -0.05) is 52.3 Å². The van der Waals surface area contributed by atoms with E-state index in [1.807, 2.05) is 54.6 Å².